The Bertz CT molecular complexity index is 825. The molecule has 5 heteroatoms. The molecule has 2 heterocycles. The lowest BCUT2D eigenvalue weighted by atomic mass is 9.96. The molecule has 0 aromatic heterocycles. The Balaban J connectivity index is 1.25. The van der Waals surface area contributed by atoms with Crippen molar-refractivity contribution in [3.05, 3.63) is 65.7 Å². The molecule has 2 N–H and O–H groups in total. The molecule has 160 valence electrons. The molecule has 2 amide bonds. The van der Waals surface area contributed by atoms with Gasteiger partial charge in [0, 0.05) is 31.2 Å². The fraction of sp³-hybridized carbons (Fsp3) is 0.480. The van der Waals surface area contributed by atoms with Crippen molar-refractivity contribution >= 4 is 6.03 Å². The van der Waals surface area contributed by atoms with Gasteiger partial charge in [-0.3, -0.25) is 4.90 Å². The predicted molar refractivity (Wildman–Crippen MR) is 119 cm³/mol. The van der Waals surface area contributed by atoms with Crippen LogP contribution in [0, 0.1) is 0 Å². The Morgan fingerprint density at radius 2 is 1.73 bits per heavy atom. The van der Waals surface area contributed by atoms with Gasteiger partial charge in [0.25, 0.3) is 0 Å². The van der Waals surface area contributed by atoms with Crippen LogP contribution >= 0.6 is 0 Å². The molecule has 2 fully saturated rings. The maximum absolute atomic E-state index is 12.5. The van der Waals surface area contributed by atoms with Crippen LogP contribution in [0.2, 0.25) is 0 Å². The Labute approximate surface area is 179 Å². The Morgan fingerprint density at radius 3 is 2.43 bits per heavy atom. The Hall–Kier alpha value is -2.53. The molecule has 0 saturated carbocycles. The van der Waals surface area contributed by atoms with Crippen LogP contribution in [0.15, 0.2) is 54.6 Å². The summed E-state index contributed by atoms with van der Waals surface area (Å²) in [6.07, 6.45) is 4.68. The van der Waals surface area contributed by atoms with Gasteiger partial charge >= 0.3 is 6.03 Å². The van der Waals surface area contributed by atoms with E-state index in [1.165, 1.54) is 18.4 Å². The first-order chi connectivity index (χ1) is 14.6. The van der Waals surface area contributed by atoms with Crippen LogP contribution in [0.3, 0.4) is 0 Å². The highest BCUT2D eigenvalue weighted by Gasteiger charge is 2.40. The molecule has 2 aromatic carbocycles. The third kappa shape index (κ3) is 5.33. The highest BCUT2D eigenvalue weighted by molar-refractivity contribution is 5.74. The fourth-order valence-electron chi connectivity index (χ4n) is 4.86. The fourth-order valence-corrected chi connectivity index (χ4v) is 4.86. The number of nitrogens with one attached hydrogen (secondary N) is 2. The quantitative estimate of drug-likeness (QED) is 0.712. The molecule has 5 nitrogen and oxygen atoms in total. The SMILES string of the molecule is CC(C)Oc1cccc(CNC(=O)NC2CC3CCC(C2)N3Cc2ccccc2)c1. The van der Waals surface area contributed by atoms with E-state index in [9.17, 15) is 4.79 Å². The number of hydrogen-bond acceptors (Lipinski definition) is 3. The average molecular weight is 408 g/mol. The van der Waals surface area contributed by atoms with Gasteiger partial charge in [0.15, 0.2) is 0 Å². The predicted octanol–water partition coefficient (Wildman–Crippen LogP) is 4.47. The van der Waals surface area contributed by atoms with E-state index in [-0.39, 0.29) is 18.2 Å². The number of carbonyl (C=O) groups is 1. The van der Waals surface area contributed by atoms with E-state index in [0.717, 1.165) is 30.7 Å². The van der Waals surface area contributed by atoms with Crippen molar-refractivity contribution in [2.45, 2.75) is 76.8 Å². The molecular weight excluding hydrogens is 374 g/mol. The zero-order valence-electron chi connectivity index (χ0n) is 18.0. The molecule has 2 atom stereocenters. The van der Waals surface area contributed by atoms with Gasteiger partial charge < -0.3 is 15.4 Å². The zero-order chi connectivity index (χ0) is 20.9. The van der Waals surface area contributed by atoms with Gasteiger partial charge in [-0.25, -0.2) is 4.79 Å². The minimum absolute atomic E-state index is 0.0777. The van der Waals surface area contributed by atoms with Crippen LogP contribution in [0.5, 0.6) is 5.75 Å². The summed E-state index contributed by atoms with van der Waals surface area (Å²) >= 11 is 0. The molecule has 4 rings (SSSR count). The molecule has 0 aliphatic carbocycles. The summed E-state index contributed by atoms with van der Waals surface area (Å²) in [7, 11) is 0. The van der Waals surface area contributed by atoms with E-state index >= 15 is 0 Å². The van der Waals surface area contributed by atoms with Crippen molar-refractivity contribution in [3.63, 3.8) is 0 Å². The van der Waals surface area contributed by atoms with Crippen molar-refractivity contribution in [1.29, 1.82) is 0 Å². The second-order valence-corrected chi connectivity index (χ2v) is 8.85. The molecule has 0 spiro atoms. The van der Waals surface area contributed by atoms with Gasteiger partial charge in [-0.1, -0.05) is 42.5 Å². The van der Waals surface area contributed by atoms with E-state index in [0.29, 0.717) is 18.6 Å². The van der Waals surface area contributed by atoms with E-state index in [1.807, 2.05) is 38.1 Å². The molecule has 2 bridgehead atoms. The summed E-state index contributed by atoms with van der Waals surface area (Å²) in [5.41, 5.74) is 2.42. The number of carbonyl (C=O) groups excluding carboxylic acids is 1. The average Bonchev–Trinajstić information content (AvgIpc) is 2.95. The van der Waals surface area contributed by atoms with Crippen molar-refractivity contribution < 1.29 is 9.53 Å². The minimum atomic E-state index is -0.0777. The number of rotatable bonds is 7. The van der Waals surface area contributed by atoms with Crippen LogP contribution in [0.1, 0.15) is 50.7 Å². The van der Waals surface area contributed by atoms with Gasteiger partial charge in [-0.05, 0) is 62.8 Å². The molecule has 2 aliphatic heterocycles. The van der Waals surface area contributed by atoms with Crippen molar-refractivity contribution in [1.82, 2.24) is 15.5 Å². The number of hydrogen-bond donors (Lipinski definition) is 2. The van der Waals surface area contributed by atoms with Crippen LogP contribution in [-0.4, -0.2) is 35.2 Å². The summed E-state index contributed by atoms with van der Waals surface area (Å²) in [5.74, 6) is 0.840. The number of nitrogens with zero attached hydrogens (tertiary/aromatic N) is 1. The topological polar surface area (TPSA) is 53.6 Å². The van der Waals surface area contributed by atoms with E-state index in [4.69, 9.17) is 4.74 Å². The van der Waals surface area contributed by atoms with Gasteiger partial charge in [0.2, 0.25) is 0 Å². The summed E-state index contributed by atoms with van der Waals surface area (Å²) in [5, 5.41) is 6.22. The molecule has 2 aromatic rings. The van der Waals surface area contributed by atoms with E-state index < -0.39 is 0 Å². The third-order valence-electron chi connectivity index (χ3n) is 6.15. The van der Waals surface area contributed by atoms with Gasteiger partial charge in [0.1, 0.15) is 5.75 Å². The standard InChI is InChI=1S/C25H33N3O2/c1-18(2)30-24-10-6-9-20(13-24)16-26-25(29)27-21-14-22-11-12-23(15-21)28(22)17-19-7-4-3-5-8-19/h3-10,13,18,21-23H,11-12,14-17H2,1-2H3,(H2,26,27,29). The first-order valence-electron chi connectivity index (χ1n) is 11.2. The smallest absolute Gasteiger partial charge is 0.315 e. The van der Waals surface area contributed by atoms with Crippen molar-refractivity contribution in [2.24, 2.45) is 0 Å². The van der Waals surface area contributed by atoms with Crippen molar-refractivity contribution in [2.75, 3.05) is 0 Å². The summed E-state index contributed by atoms with van der Waals surface area (Å²) in [4.78, 5) is 15.1. The lowest BCUT2D eigenvalue weighted by molar-refractivity contribution is 0.111. The van der Waals surface area contributed by atoms with Crippen LogP contribution in [-0.2, 0) is 13.1 Å². The summed E-state index contributed by atoms with van der Waals surface area (Å²) in [6, 6.07) is 19.9. The Kier molecular flexibility index (Phi) is 6.58. The normalized spacial score (nSPS) is 23.4. The molecule has 30 heavy (non-hydrogen) atoms. The first-order valence-corrected chi connectivity index (χ1v) is 11.2. The highest BCUT2D eigenvalue weighted by Crippen LogP contribution is 2.36. The third-order valence-corrected chi connectivity index (χ3v) is 6.15. The molecular formula is C25H33N3O2. The molecule has 2 aliphatic rings. The zero-order valence-corrected chi connectivity index (χ0v) is 18.0. The number of ether oxygens (including phenoxy) is 1. The molecule has 0 radical (unpaired) electrons. The number of urea groups is 1. The highest BCUT2D eigenvalue weighted by atomic mass is 16.5. The van der Waals surface area contributed by atoms with Gasteiger partial charge in [0.05, 0.1) is 6.10 Å². The minimum Gasteiger partial charge on any atom is -0.491 e. The number of piperidine rings is 1. The largest absolute Gasteiger partial charge is 0.491 e. The van der Waals surface area contributed by atoms with Crippen molar-refractivity contribution in [3.8, 4) is 5.75 Å². The molecule has 2 unspecified atom stereocenters. The number of benzene rings is 2. The van der Waals surface area contributed by atoms with Gasteiger partial charge in [-0.2, -0.15) is 0 Å². The lowest BCUT2D eigenvalue weighted by Crippen LogP contribution is -2.51. The second-order valence-electron chi connectivity index (χ2n) is 8.85. The van der Waals surface area contributed by atoms with E-state index in [2.05, 4.69) is 45.9 Å². The summed E-state index contributed by atoms with van der Waals surface area (Å²) < 4.78 is 5.73. The van der Waals surface area contributed by atoms with E-state index in [1.54, 1.807) is 0 Å². The van der Waals surface area contributed by atoms with Crippen LogP contribution < -0.4 is 15.4 Å². The summed E-state index contributed by atoms with van der Waals surface area (Å²) in [6.45, 7) is 5.54. The monoisotopic (exact) mass is 407 g/mol. The first kappa shape index (κ1) is 20.7. The maximum Gasteiger partial charge on any atom is 0.315 e. The number of fused-ring (bicyclic) bond motifs is 2. The lowest BCUT2D eigenvalue weighted by Gasteiger charge is -2.39. The maximum atomic E-state index is 12.5. The Morgan fingerprint density at radius 1 is 1.03 bits per heavy atom. The molecule has 2 saturated heterocycles. The number of amides is 2. The van der Waals surface area contributed by atoms with Crippen LogP contribution in [0.4, 0.5) is 4.79 Å². The second kappa shape index (κ2) is 9.52. The van der Waals surface area contributed by atoms with Crippen LogP contribution in [0.25, 0.3) is 0 Å². The van der Waals surface area contributed by atoms with Gasteiger partial charge in [-0.15, -0.1) is 0 Å².